The van der Waals surface area contributed by atoms with Crippen LogP contribution in [0.15, 0.2) is 24.3 Å². The highest BCUT2D eigenvalue weighted by Crippen LogP contribution is 2.16. The van der Waals surface area contributed by atoms with Gasteiger partial charge in [-0.25, -0.2) is 0 Å². The van der Waals surface area contributed by atoms with E-state index < -0.39 is 0 Å². The van der Waals surface area contributed by atoms with Crippen LogP contribution in [0.5, 0.6) is 0 Å². The molecule has 1 fully saturated rings. The summed E-state index contributed by atoms with van der Waals surface area (Å²) in [6.45, 7) is 5.97. The van der Waals surface area contributed by atoms with Crippen LogP contribution in [-0.2, 0) is 11.3 Å². The van der Waals surface area contributed by atoms with Crippen molar-refractivity contribution in [3.8, 4) is 6.07 Å². The first-order chi connectivity index (χ1) is 8.81. The fourth-order valence-corrected chi connectivity index (χ4v) is 2.47. The lowest BCUT2D eigenvalue weighted by Crippen LogP contribution is -2.39. The minimum atomic E-state index is 0.391. The van der Waals surface area contributed by atoms with E-state index in [9.17, 15) is 0 Å². The number of ether oxygens (including phenoxy) is 1. The second kappa shape index (κ2) is 6.53. The molecule has 1 aliphatic heterocycles. The van der Waals surface area contributed by atoms with E-state index in [0.717, 1.165) is 31.8 Å². The molecule has 1 aromatic carbocycles. The van der Waals surface area contributed by atoms with Crippen LogP contribution in [0.4, 0.5) is 0 Å². The van der Waals surface area contributed by atoms with Crippen LogP contribution >= 0.6 is 0 Å². The van der Waals surface area contributed by atoms with Crippen molar-refractivity contribution in [2.24, 2.45) is 0 Å². The zero-order chi connectivity index (χ0) is 12.8. The lowest BCUT2D eigenvalue weighted by atomic mass is 10.1. The molecule has 0 radical (unpaired) electrons. The largest absolute Gasteiger partial charge is 0.377 e. The van der Waals surface area contributed by atoms with E-state index in [2.05, 4.69) is 17.9 Å². The van der Waals surface area contributed by atoms with Crippen molar-refractivity contribution in [1.82, 2.24) is 4.90 Å². The Morgan fingerprint density at radius 2 is 2.17 bits per heavy atom. The molecule has 1 atom stereocenters. The summed E-state index contributed by atoms with van der Waals surface area (Å²) in [4.78, 5) is 2.44. The van der Waals surface area contributed by atoms with Crippen LogP contribution in [0.1, 0.15) is 30.9 Å². The number of piperidine rings is 1. The van der Waals surface area contributed by atoms with Crippen molar-refractivity contribution in [3.05, 3.63) is 35.4 Å². The molecule has 1 heterocycles. The van der Waals surface area contributed by atoms with Gasteiger partial charge in [0.05, 0.1) is 17.7 Å². The topological polar surface area (TPSA) is 36.3 Å². The number of nitriles is 1. The maximum atomic E-state index is 8.77. The van der Waals surface area contributed by atoms with Gasteiger partial charge in [-0.15, -0.1) is 0 Å². The molecule has 3 heteroatoms. The van der Waals surface area contributed by atoms with Crippen molar-refractivity contribution >= 4 is 0 Å². The number of likely N-dealkylation sites (tertiary alicyclic amines) is 1. The fraction of sp³-hybridized carbons (Fsp3) is 0.533. The third-order valence-electron chi connectivity index (χ3n) is 3.35. The second-order valence-electron chi connectivity index (χ2n) is 4.76. The molecule has 1 saturated heterocycles. The molecule has 3 nitrogen and oxygen atoms in total. The van der Waals surface area contributed by atoms with Gasteiger partial charge < -0.3 is 4.74 Å². The van der Waals surface area contributed by atoms with Crippen LogP contribution in [0.2, 0.25) is 0 Å². The molecule has 1 aromatic rings. The molecule has 0 spiro atoms. The molecule has 1 aliphatic rings. The standard InChI is InChI=1S/C15H20N2O/c1-2-18-15-4-3-9-17(12-15)11-14-7-5-13(10-16)6-8-14/h5-8,15H,2-4,9,11-12H2,1H3. The van der Waals surface area contributed by atoms with Gasteiger partial charge in [-0.3, -0.25) is 4.90 Å². The molecule has 2 rings (SSSR count). The van der Waals surface area contributed by atoms with Gasteiger partial charge in [-0.05, 0) is 44.0 Å². The summed E-state index contributed by atoms with van der Waals surface area (Å²) in [5.74, 6) is 0. The van der Waals surface area contributed by atoms with Crippen LogP contribution in [0.3, 0.4) is 0 Å². The van der Waals surface area contributed by atoms with Crippen LogP contribution in [-0.4, -0.2) is 30.7 Å². The molecule has 0 amide bonds. The molecular weight excluding hydrogens is 224 g/mol. The summed E-state index contributed by atoms with van der Waals surface area (Å²) in [5.41, 5.74) is 2.00. The zero-order valence-electron chi connectivity index (χ0n) is 10.9. The Bertz CT molecular complexity index is 405. The van der Waals surface area contributed by atoms with E-state index >= 15 is 0 Å². The van der Waals surface area contributed by atoms with Gasteiger partial charge in [-0.2, -0.15) is 5.26 Å². The van der Waals surface area contributed by atoms with Crippen molar-refractivity contribution in [1.29, 1.82) is 5.26 Å². The Hall–Kier alpha value is -1.37. The third-order valence-corrected chi connectivity index (χ3v) is 3.35. The molecule has 1 unspecified atom stereocenters. The van der Waals surface area contributed by atoms with Gasteiger partial charge >= 0.3 is 0 Å². The monoisotopic (exact) mass is 244 g/mol. The number of nitrogens with zero attached hydrogens (tertiary/aromatic N) is 2. The van der Waals surface area contributed by atoms with Gasteiger partial charge in [0, 0.05) is 19.7 Å². The van der Waals surface area contributed by atoms with E-state index in [0.29, 0.717) is 6.10 Å². The van der Waals surface area contributed by atoms with Crippen molar-refractivity contribution in [3.63, 3.8) is 0 Å². The highest BCUT2D eigenvalue weighted by molar-refractivity contribution is 5.31. The van der Waals surface area contributed by atoms with E-state index in [1.54, 1.807) is 0 Å². The average Bonchev–Trinajstić information content (AvgIpc) is 2.40. The predicted octanol–water partition coefficient (Wildman–Crippen LogP) is 2.56. The smallest absolute Gasteiger partial charge is 0.0991 e. The predicted molar refractivity (Wildman–Crippen MR) is 71.1 cm³/mol. The number of benzene rings is 1. The average molecular weight is 244 g/mol. The van der Waals surface area contributed by atoms with E-state index in [1.807, 2.05) is 24.3 Å². The number of hydrogen-bond acceptors (Lipinski definition) is 3. The second-order valence-corrected chi connectivity index (χ2v) is 4.76. The summed E-state index contributed by atoms with van der Waals surface area (Å²) in [6.07, 6.45) is 2.78. The van der Waals surface area contributed by atoms with Crippen LogP contribution in [0.25, 0.3) is 0 Å². The first-order valence-electron chi connectivity index (χ1n) is 6.65. The zero-order valence-corrected chi connectivity index (χ0v) is 10.9. The maximum Gasteiger partial charge on any atom is 0.0991 e. The Labute approximate surface area is 109 Å². The molecule has 0 saturated carbocycles. The fourth-order valence-electron chi connectivity index (χ4n) is 2.47. The van der Waals surface area contributed by atoms with Crippen molar-refractivity contribution in [2.75, 3.05) is 19.7 Å². The number of hydrogen-bond donors (Lipinski definition) is 0. The number of rotatable bonds is 4. The summed E-state index contributed by atoms with van der Waals surface area (Å²) < 4.78 is 5.70. The van der Waals surface area contributed by atoms with Crippen LogP contribution in [0, 0.1) is 11.3 Å². The molecule has 0 aliphatic carbocycles. The normalized spacial score (nSPS) is 20.6. The summed E-state index contributed by atoms with van der Waals surface area (Å²) in [5, 5.41) is 8.77. The summed E-state index contributed by atoms with van der Waals surface area (Å²) in [6, 6.07) is 10.0. The van der Waals surface area contributed by atoms with E-state index in [-0.39, 0.29) is 0 Å². The molecule has 18 heavy (non-hydrogen) atoms. The van der Waals surface area contributed by atoms with Gasteiger partial charge in [0.25, 0.3) is 0 Å². The Balaban J connectivity index is 1.90. The van der Waals surface area contributed by atoms with Crippen LogP contribution < -0.4 is 0 Å². The van der Waals surface area contributed by atoms with Gasteiger partial charge in [0.1, 0.15) is 0 Å². The Morgan fingerprint density at radius 1 is 1.39 bits per heavy atom. The summed E-state index contributed by atoms with van der Waals surface area (Å²) >= 11 is 0. The van der Waals surface area contributed by atoms with Crippen molar-refractivity contribution < 1.29 is 4.74 Å². The minimum absolute atomic E-state index is 0.391. The van der Waals surface area contributed by atoms with Gasteiger partial charge in [-0.1, -0.05) is 12.1 Å². The highest BCUT2D eigenvalue weighted by Gasteiger charge is 2.19. The Kier molecular flexibility index (Phi) is 4.74. The molecule has 0 bridgehead atoms. The lowest BCUT2D eigenvalue weighted by Gasteiger charge is -2.32. The SMILES string of the molecule is CCOC1CCCN(Cc2ccc(C#N)cc2)C1. The first kappa shape index (κ1) is 13.1. The lowest BCUT2D eigenvalue weighted by molar-refractivity contribution is 0.00363. The molecule has 0 aromatic heterocycles. The minimum Gasteiger partial charge on any atom is -0.377 e. The summed E-state index contributed by atoms with van der Waals surface area (Å²) in [7, 11) is 0. The van der Waals surface area contributed by atoms with E-state index in [1.165, 1.54) is 18.4 Å². The van der Waals surface area contributed by atoms with Gasteiger partial charge in [0.15, 0.2) is 0 Å². The quantitative estimate of drug-likeness (QED) is 0.816. The molecular formula is C15H20N2O. The third kappa shape index (κ3) is 3.56. The van der Waals surface area contributed by atoms with Crippen molar-refractivity contribution in [2.45, 2.75) is 32.4 Å². The first-order valence-corrected chi connectivity index (χ1v) is 6.65. The molecule has 0 N–H and O–H groups in total. The highest BCUT2D eigenvalue weighted by atomic mass is 16.5. The Morgan fingerprint density at radius 3 is 2.83 bits per heavy atom. The van der Waals surface area contributed by atoms with Gasteiger partial charge in [0.2, 0.25) is 0 Å². The maximum absolute atomic E-state index is 8.77. The van der Waals surface area contributed by atoms with E-state index in [4.69, 9.17) is 10.00 Å². The molecule has 96 valence electrons.